The van der Waals surface area contributed by atoms with Crippen LogP contribution in [-0.4, -0.2) is 18.1 Å². The SMILES string of the molecule is COc1ccc(/C=C2/NC(=S)N(c3ccc(F)cc3)C2=O)cc1COc1cc(Cl)c(Cl)cc1Cl. The Morgan fingerprint density at radius 1 is 1.00 bits per heavy atom. The summed E-state index contributed by atoms with van der Waals surface area (Å²) in [4.78, 5) is 14.3. The van der Waals surface area contributed by atoms with Crippen molar-refractivity contribution < 1.29 is 18.7 Å². The summed E-state index contributed by atoms with van der Waals surface area (Å²) >= 11 is 23.5. The molecule has 1 heterocycles. The Labute approximate surface area is 215 Å². The average Bonchev–Trinajstić information content (AvgIpc) is 3.08. The minimum absolute atomic E-state index is 0.124. The third-order valence-corrected chi connectivity index (χ3v) is 6.24. The van der Waals surface area contributed by atoms with E-state index in [9.17, 15) is 9.18 Å². The molecule has 1 amide bonds. The molecular formula is C24H16Cl3FN2O3S. The van der Waals surface area contributed by atoms with Gasteiger partial charge in [0, 0.05) is 11.6 Å². The molecule has 3 aromatic carbocycles. The number of carbonyl (C=O) groups excluding carboxylic acids is 1. The third-order valence-electron chi connectivity index (χ3n) is 4.94. The highest BCUT2D eigenvalue weighted by Crippen LogP contribution is 2.35. The topological polar surface area (TPSA) is 50.8 Å². The largest absolute Gasteiger partial charge is 0.496 e. The van der Waals surface area contributed by atoms with Crippen LogP contribution in [0.1, 0.15) is 11.1 Å². The smallest absolute Gasteiger partial charge is 0.281 e. The van der Waals surface area contributed by atoms with Crippen LogP contribution in [0.4, 0.5) is 10.1 Å². The average molecular weight is 538 g/mol. The summed E-state index contributed by atoms with van der Waals surface area (Å²) in [7, 11) is 1.55. The van der Waals surface area contributed by atoms with Crippen LogP contribution in [0.2, 0.25) is 15.1 Å². The fraction of sp³-hybridized carbons (Fsp3) is 0.0833. The lowest BCUT2D eigenvalue weighted by Crippen LogP contribution is -2.30. The van der Waals surface area contributed by atoms with Gasteiger partial charge in [-0.05, 0) is 66.3 Å². The molecule has 0 saturated carbocycles. The first-order valence-electron chi connectivity index (χ1n) is 9.84. The van der Waals surface area contributed by atoms with E-state index in [-0.39, 0.29) is 23.3 Å². The van der Waals surface area contributed by atoms with Gasteiger partial charge in [0.05, 0.1) is 27.9 Å². The van der Waals surface area contributed by atoms with Crippen molar-refractivity contribution in [3.8, 4) is 11.5 Å². The summed E-state index contributed by atoms with van der Waals surface area (Å²) in [5, 5.41) is 4.08. The van der Waals surface area contributed by atoms with E-state index >= 15 is 0 Å². The minimum Gasteiger partial charge on any atom is -0.496 e. The maximum atomic E-state index is 13.3. The number of benzene rings is 3. The van der Waals surface area contributed by atoms with Gasteiger partial charge in [0.2, 0.25) is 0 Å². The number of anilines is 1. The van der Waals surface area contributed by atoms with E-state index in [1.807, 2.05) is 6.07 Å². The molecule has 0 radical (unpaired) electrons. The fourth-order valence-corrected chi connectivity index (χ4v) is 4.19. The van der Waals surface area contributed by atoms with Crippen molar-refractivity contribution in [2.24, 2.45) is 0 Å². The van der Waals surface area contributed by atoms with Crippen LogP contribution in [0.15, 0.2) is 60.3 Å². The van der Waals surface area contributed by atoms with Gasteiger partial charge in [-0.25, -0.2) is 4.39 Å². The maximum Gasteiger partial charge on any atom is 0.281 e. The second-order valence-electron chi connectivity index (χ2n) is 7.16. The van der Waals surface area contributed by atoms with Crippen molar-refractivity contribution in [3.05, 3.63) is 92.3 Å². The molecule has 0 aliphatic carbocycles. The Morgan fingerprint density at radius 2 is 1.71 bits per heavy atom. The van der Waals surface area contributed by atoms with Crippen LogP contribution in [0.5, 0.6) is 11.5 Å². The van der Waals surface area contributed by atoms with Crippen molar-refractivity contribution in [2.75, 3.05) is 12.0 Å². The Morgan fingerprint density at radius 3 is 2.41 bits per heavy atom. The number of amides is 1. The molecule has 1 N–H and O–H groups in total. The van der Waals surface area contributed by atoms with Crippen molar-refractivity contribution in [1.29, 1.82) is 0 Å². The summed E-state index contributed by atoms with van der Waals surface area (Å²) < 4.78 is 24.5. The second kappa shape index (κ2) is 10.2. The number of carbonyl (C=O) groups is 1. The molecule has 0 spiro atoms. The van der Waals surface area contributed by atoms with Crippen LogP contribution in [0, 0.1) is 5.82 Å². The third kappa shape index (κ3) is 5.13. The Bertz CT molecular complexity index is 1320. The Hall–Kier alpha value is -2.84. The molecule has 0 bridgehead atoms. The first-order valence-corrected chi connectivity index (χ1v) is 11.4. The van der Waals surface area contributed by atoms with Gasteiger partial charge in [0.25, 0.3) is 5.91 Å². The molecule has 0 unspecified atom stereocenters. The Balaban J connectivity index is 1.58. The van der Waals surface area contributed by atoms with E-state index in [0.29, 0.717) is 43.4 Å². The van der Waals surface area contributed by atoms with Crippen molar-refractivity contribution in [3.63, 3.8) is 0 Å². The first kappa shape index (κ1) is 24.3. The van der Waals surface area contributed by atoms with Gasteiger partial charge in [0.1, 0.15) is 29.6 Å². The molecule has 1 aliphatic rings. The number of nitrogens with zero attached hydrogens (tertiary/aromatic N) is 1. The number of thiocarbonyl (C=S) groups is 1. The summed E-state index contributed by atoms with van der Waals surface area (Å²) in [6.45, 7) is 0.124. The number of hydrogen-bond acceptors (Lipinski definition) is 4. The Kier molecular flexibility index (Phi) is 7.28. The molecule has 10 heteroatoms. The molecule has 34 heavy (non-hydrogen) atoms. The highest BCUT2D eigenvalue weighted by molar-refractivity contribution is 7.80. The van der Waals surface area contributed by atoms with Crippen LogP contribution in [0.3, 0.4) is 0 Å². The lowest BCUT2D eigenvalue weighted by atomic mass is 10.1. The zero-order chi connectivity index (χ0) is 24.4. The number of hydrogen-bond donors (Lipinski definition) is 1. The van der Waals surface area contributed by atoms with E-state index in [0.717, 1.165) is 0 Å². The van der Waals surface area contributed by atoms with Crippen molar-refractivity contribution in [1.82, 2.24) is 5.32 Å². The van der Waals surface area contributed by atoms with E-state index in [2.05, 4.69) is 5.32 Å². The number of ether oxygens (including phenoxy) is 2. The summed E-state index contributed by atoms with van der Waals surface area (Å²) in [5.74, 6) is 0.204. The van der Waals surface area contributed by atoms with E-state index in [1.165, 1.54) is 41.3 Å². The molecule has 3 aromatic rings. The summed E-state index contributed by atoms with van der Waals surface area (Å²) in [6, 6.07) is 13.9. The van der Waals surface area contributed by atoms with E-state index in [1.54, 1.807) is 25.3 Å². The predicted octanol–water partition coefficient (Wildman–Crippen LogP) is 6.64. The molecule has 4 rings (SSSR count). The summed E-state index contributed by atoms with van der Waals surface area (Å²) in [6.07, 6.45) is 1.66. The van der Waals surface area contributed by atoms with Gasteiger partial charge in [-0.3, -0.25) is 9.69 Å². The monoisotopic (exact) mass is 536 g/mol. The predicted molar refractivity (Wildman–Crippen MR) is 136 cm³/mol. The molecule has 1 aliphatic heterocycles. The van der Waals surface area contributed by atoms with E-state index in [4.69, 9.17) is 56.5 Å². The first-order chi connectivity index (χ1) is 16.3. The number of rotatable bonds is 6. The van der Waals surface area contributed by atoms with Gasteiger partial charge in [0.15, 0.2) is 5.11 Å². The van der Waals surface area contributed by atoms with Gasteiger partial charge in [-0.2, -0.15) is 0 Å². The highest BCUT2D eigenvalue weighted by atomic mass is 35.5. The molecular weight excluding hydrogens is 522 g/mol. The molecule has 1 saturated heterocycles. The lowest BCUT2D eigenvalue weighted by Gasteiger charge is -2.13. The second-order valence-corrected chi connectivity index (χ2v) is 8.77. The maximum absolute atomic E-state index is 13.3. The van der Waals surface area contributed by atoms with Crippen molar-refractivity contribution >= 4 is 69.8 Å². The normalized spacial score (nSPS) is 14.5. The van der Waals surface area contributed by atoms with Gasteiger partial charge in [-0.15, -0.1) is 0 Å². The highest BCUT2D eigenvalue weighted by Gasteiger charge is 2.32. The van der Waals surface area contributed by atoms with E-state index < -0.39 is 5.82 Å². The van der Waals surface area contributed by atoms with Crippen LogP contribution < -0.4 is 19.7 Å². The number of nitrogens with one attached hydrogen (secondary N) is 1. The molecule has 174 valence electrons. The zero-order valence-corrected chi connectivity index (χ0v) is 20.7. The molecule has 0 atom stereocenters. The number of methoxy groups -OCH3 is 1. The molecule has 0 aromatic heterocycles. The lowest BCUT2D eigenvalue weighted by molar-refractivity contribution is -0.113. The molecule has 1 fully saturated rings. The fourth-order valence-electron chi connectivity index (χ4n) is 3.30. The van der Waals surface area contributed by atoms with Crippen molar-refractivity contribution in [2.45, 2.75) is 6.61 Å². The quantitative estimate of drug-likeness (QED) is 0.217. The number of halogens is 4. The zero-order valence-electron chi connectivity index (χ0n) is 17.6. The van der Waals surface area contributed by atoms with Gasteiger partial charge in [-0.1, -0.05) is 40.9 Å². The van der Waals surface area contributed by atoms with Gasteiger partial charge < -0.3 is 14.8 Å². The summed E-state index contributed by atoms with van der Waals surface area (Å²) in [5.41, 5.74) is 2.16. The van der Waals surface area contributed by atoms with Crippen LogP contribution in [-0.2, 0) is 11.4 Å². The van der Waals surface area contributed by atoms with Crippen LogP contribution >= 0.6 is 47.0 Å². The molecule has 5 nitrogen and oxygen atoms in total. The van der Waals surface area contributed by atoms with Gasteiger partial charge >= 0.3 is 0 Å². The minimum atomic E-state index is -0.403. The standard InChI is InChI=1S/C24H16Cl3FN2O3S/c1-32-21-7-2-13(8-14(21)12-33-22-11-18(26)17(25)10-19(22)27)9-20-23(31)30(24(34)29-20)16-5-3-15(28)4-6-16/h2-11H,12H2,1H3,(H,29,34)/b20-9+. The van der Waals surface area contributed by atoms with Crippen LogP contribution in [0.25, 0.3) is 6.08 Å².